The molecule has 1 aromatic carbocycles. The number of esters is 1. The minimum atomic E-state index is -0.413. The van der Waals surface area contributed by atoms with Gasteiger partial charge in [-0.3, -0.25) is 0 Å². The lowest BCUT2D eigenvalue weighted by Crippen LogP contribution is -2.10. The number of nitrogen functional groups attached to an aromatic ring is 1. The fourth-order valence-electron chi connectivity index (χ4n) is 1.46. The summed E-state index contributed by atoms with van der Waals surface area (Å²) in [7, 11) is 0. The predicted octanol–water partition coefficient (Wildman–Crippen LogP) is 2.87. The first-order valence-electron chi connectivity index (χ1n) is 6.24. The number of hydrogen-bond donors (Lipinski definition) is 1. The molecule has 0 aliphatic heterocycles. The van der Waals surface area contributed by atoms with Gasteiger partial charge < -0.3 is 15.2 Å². The molecule has 0 saturated carbocycles. The van der Waals surface area contributed by atoms with Crippen molar-refractivity contribution < 1.29 is 14.3 Å². The lowest BCUT2D eigenvalue weighted by molar-refractivity contribution is 0.0527. The van der Waals surface area contributed by atoms with Gasteiger partial charge in [-0.05, 0) is 31.4 Å². The second-order valence-electron chi connectivity index (χ2n) is 4.47. The van der Waals surface area contributed by atoms with Crippen LogP contribution in [0.3, 0.4) is 0 Å². The second-order valence-corrected chi connectivity index (χ2v) is 4.47. The zero-order chi connectivity index (χ0) is 13.5. The third-order valence-corrected chi connectivity index (χ3v) is 2.51. The molecule has 0 unspecified atom stereocenters. The number of hydrogen-bond acceptors (Lipinski definition) is 4. The Balaban J connectivity index is 2.75. The van der Waals surface area contributed by atoms with E-state index < -0.39 is 5.97 Å². The highest BCUT2D eigenvalue weighted by molar-refractivity contribution is 5.96. The van der Waals surface area contributed by atoms with Crippen LogP contribution in [-0.4, -0.2) is 19.2 Å². The monoisotopic (exact) mass is 251 g/mol. The van der Waals surface area contributed by atoms with Crippen LogP contribution in [0.4, 0.5) is 5.69 Å². The van der Waals surface area contributed by atoms with E-state index in [1.54, 1.807) is 25.1 Å². The molecule has 1 aromatic rings. The van der Waals surface area contributed by atoms with Crippen molar-refractivity contribution >= 4 is 11.7 Å². The summed E-state index contributed by atoms with van der Waals surface area (Å²) < 4.78 is 10.5. The van der Waals surface area contributed by atoms with E-state index in [2.05, 4.69) is 13.8 Å². The Hall–Kier alpha value is -1.71. The molecule has 0 fully saturated rings. The maximum Gasteiger partial charge on any atom is 0.340 e. The number of carbonyl (C=O) groups excluding carboxylic acids is 1. The Kier molecular flexibility index (Phi) is 5.49. The van der Waals surface area contributed by atoms with Crippen LogP contribution in [0, 0.1) is 5.92 Å². The molecule has 0 radical (unpaired) electrons. The van der Waals surface area contributed by atoms with Gasteiger partial charge in [-0.25, -0.2) is 4.79 Å². The molecule has 2 N–H and O–H groups in total. The lowest BCUT2D eigenvalue weighted by atomic mass is 10.1. The molecule has 0 amide bonds. The summed E-state index contributed by atoms with van der Waals surface area (Å²) in [5.41, 5.74) is 6.61. The van der Waals surface area contributed by atoms with E-state index in [4.69, 9.17) is 15.2 Å². The highest BCUT2D eigenvalue weighted by Crippen LogP contribution is 2.26. The summed E-state index contributed by atoms with van der Waals surface area (Å²) in [6.07, 6.45) is 0.947. The average Bonchev–Trinajstić information content (AvgIpc) is 2.31. The summed E-state index contributed by atoms with van der Waals surface area (Å²) in [5, 5.41) is 0. The van der Waals surface area contributed by atoms with Crippen molar-refractivity contribution in [3.63, 3.8) is 0 Å². The summed E-state index contributed by atoms with van der Waals surface area (Å²) in [6, 6.07) is 5.15. The molecule has 0 bridgehead atoms. The summed E-state index contributed by atoms with van der Waals surface area (Å²) in [6.45, 7) is 6.94. The quantitative estimate of drug-likeness (QED) is 0.623. The van der Waals surface area contributed by atoms with Crippen LogP contribution >= 0.6 is 0 Å². The number of nitrogens with two attached hydrogens (primary N) is 1. The number of para-hydroxylation sites is 1. The van der Waals surface area contributed by atoms with Crippen molar-refractivity contribution in [2.75, 3.05) is 18.9 Å². The van der Waals surface area contributed by atoms with E-state index in [1.807, 2.05) is 0 Å². The normalized spacial score (nSPS) is 10.4. The molecule has 0 aliphatic carbocycles. The fraction of sp³-hybridized carbons (Fsp3) is 0.500. The molecule has 18 heavy (non-hydrogen) atoms. The molecule has 100 valence electrons. The third-order valence-electron chi connectivity index (χ3n) is 2.51. The van der Waals surface area contributed by atoms with Crippen LogP contribution in [0.25, 0.3) is 0 Å². The number of carbonyl (C=O) groups is 1. The van der Waals surface area contributed by atoms with Crippen LogP contribution in [0.15, 0.2) is 18.2 Å². The topological polar surface area (TPSA) is 61.5 Å². The van der Waals surface area contributed by atoms with Crippen molar-refractivity contribution in [1.29, 1.82) is 0 Å². The van der Waals surface area contributed by atoms with Gasteiger partial charge in [0.15, 0.2) is 0 Å². The van der Waals surface area contributed by atoms with Gasteiger partial charge in [0.2, 0.25) is 0 Å². The number of benzene rings is 1. The maximum absolute atomic E-state index is 11.6. The highest BCUT2D eigenvalue weighted by atomic mass is 16.5. The molecule has 0 aliphatic rings. The number of anilines is 1. The third kappa shape index (κ3) is 3.95. The molecule has 0 spiro atoms. The summed E-state index contributed by atoms with van der Waals surface area (Å²) >= 11 is 0. The van der Waals surface area contributed by atoms with Crippen molar-refractivity contribution in [1.82, 2.24) is 0 Å². The van der Waals surface area contributed by atoms with Gasteiger partial charge in [0.25, 0.3) is 0 Å². The first-order chi connectivity index (χ1) is 8.56. The van der Waals surface area contributed by atoms with Crippen molar-refractivity contribution in [2.45, 2.75) is 27.2 Å². The molecular weight excluding hydrogens is 230 g/mol. The van der Waals surface area contributed by atoms with Gasteiger partial charge in [0.05, 0.1) is 24.5 Å². The van der Waals surface area contributed by atoms with Gasteiger partial charge in [0.1, 0.15) is 5.75 Å². The Morgan fingerprint density at radius 2 is 2.11 bits per heavy atom. The minimum Gasteiger partial charge on any atom is -0.491 e. The largest absolute Gasteiger partial charge is 0.491 e. The van der Waals surface area contributed by atoms with Gasteiger partial charge in [-0.1, -0.05) is 19.9 Å². The average molecular weight is 251 g/mol. The van der Waals surface area contributed by atoms with E-state index in [-0.39, 0.29) is 0 Å². The molecule has 0 aromatic heterocycles. The summed E-state index contributed by atoms with van der Waals surface area (Å²) in [4.78, 5) is 11.6. The standard InChI is InChI=1S/C14H21NO3/c1-4-17-14(16)11-6-5-7-12(13(11)15)18-9-8-10(2)3/h5-7,10H,4,8-9,15H2,1-3H3. The molecule has 0 heterocycles. The van der Waals surface area contributed by atoms with Crippen LogP contribution in [0.1, 0.15) is 37.6 Å². The zero-order valence-corrected chi connectivity index (χ0v) is 11.2. The zero-order valence-electron chi connectivity index (χ0n) is 11.2. The van der Waals surface area contributed by atoms with Gasteiger partial charge in [-0.15, -0.1) is 0 Å². The van der Waals surface area contributed by atoms with Crippen LogP contribution in [-0.2, 0) is 4.74 Å². The minimum absolute atomic E-state index is 0.330. The molecule has 4 heteroatoms. The Bertz CT molecular complexity index is 402. The molecule has 4 nitrogen and oxygen atoms in total. The van der Waals surface area contributed by atoms with Crippen LogP contribution in [0.2, 0.25) is 0 Å². The fourth-order valence-corrected chi connectivity index (χ4v) is 1.46. The lowest BCUT2D eigenvalue weighted by Gasteiger charge is -2.12. The second kappa shape index (κ2) is 6.89. The first kappa shape index (κ1) is 14.4. The van der Waals surface area contributed by atoms with Gasteiger partial charge in [-0.2, -0.15) is 0 Å². The van der Waals surface area contributed by atoms with Gasteiger partial charge in [0, 0.05) is 0 Å². The Morgan fingerprint density at radius 3 is 2.72 bits per heavy atom. The van der Waals surface area contributed by atoms with E-state index in [1.165, 1.54) is 0 Å². The maximum atomic E-state index is 11.6. The molecule has 0 atom stereocenters. The van der Waals surface area contributed by atoms with Crippen molar-refractivity contribution in [2.24, 2.45) is 5.92 Å². The number of ether oxygens (including phenoxy) is 2. The van der Waals surface area contributed by atoms with E-state index in [9.17, 15) is 4.79 Å². The van der Waals surface area contributed by atoms with Crippen LogP contribution in [0.5, 0.6) is 5.75 Å². The smallest absolute Gasteiger partial charge is 0.340 e. The predicted molar refractivity (Wildman–Crippen MR) is 71.8 cm³/mol. The van der Waals surface area contributed by atoms with Gasteiger partial charge >= 0.3 is 5.97 Å². The Morgan fingerprint density at radius 1 is 1.39 bits per heavy atom. The van der Waals surface area contributed by atoms with Crippen LogP contribution < -0.4 is 10.5 Å². The van der Waals surface area contributed by atoms with Crippen molar-refractivity contribution in [3.8, 4) is 5.75 Å². The molecular formula is C14H21NO3. The Labute approximate surface area is 108 Å². The van der Waals surface area contributed by atoms with E-state index in [0.29, 0.717) is 36.1 Å². The number of rotatable bonds is 6. The SMILES string of the molecule is CCOC(=O)c1cccc(OCCC(C)C)c1N. The highest BCUT2D eigenvalue weighted by Gasteiger charge is 2.14. The molecule has 0 saturated heterocycles. The first-order valence-corrected chi connectivity index (χ1v) is 6.24. The van der Waals surface area contributed by atoms with Crippen molar-refractivity contribution in [3.05, 3.63) is 23.8 Å². The molecule has 1 rings (SSSR count). The van der Waals surface area contributed by atoms with E-state index >= 15 is 0 Å². The van der Waals surface area contributed by atoms with E-state index in [0.717, 1.165) is 6.42 Å². The summed E-state index contributed by atoms with van der Waals surface area (Å²) in [5.74, 6) is 0.699.